The zero-order chi connectivity index (χ0) is 26.4. The molecule has 2 rings (SSSR count). The third kappa shape index (κ3) is 6.96. The average Bonchev–Trinajstić information content (AvgIpc) is 2.81. The van der Waals surface area contributed by atoms with E-state index in [1.807, 2.05) is 0 Å². The zero-order valence-electron chi connectivity index (χ0n) is 19.2. The second kappa shape index (κ2) is 11.2. The van der Waals surface area contributed by atoms with Crippen molar-refractivity contribution in [2.75, 3.05) is 28.4 Å². The predicted molar refractivity (Wildman–Crippen MR) is 115 cm³/mol. The van der Waals surface area contributed by atoms with Gasteiger partial charge >= 0.3 is 12.3 Å². The molecule has 0 heterocycles. The molecule has 0 saturated carbocycles. The van der Waals surface area contributed by atoms with Gasteiger partial charge in [-0.1, -0.05) is 12.1 Å². The quantitative estimate of drug-likeness (QED) is 0.325. The number of ether oxygens (including phenoxy) is 4. The van der Waals surface area contributed by atoms with Gasteiger partial charge in [-0.15, -0.1) is 0 Å². The number of amides is 1. The Morgan fingerprint density at radius 3 is 2.06 bits per heavy atom. The number of likely N-dealkylation sites (N-methyl/N-ethyl adjacent to an activating group) is 1. The van der Waals surface area contributed by atoms with Gasteiger partial charge in [0.2, 0.25) is 11.7 Å². The van der Waals surface area contributed by atoms with Gasteiger partial charge in [-0.25, -0.2) is 4.39 Å². The summed E-state index contributed by atoms with van der Waals surface area (Å²) < 4.78 is 96.1. The van der Waals surface area contributed by atoms with Crippen LogP contribution in [0.3, 0.4) is 0 Å². The summed E-state index contributed by atoms with van der Waals surface area (Å²) in [5, 5.41) is 0. The smallest absolute Gasteiger partial charge is 0.439 e. The molecule has 0 bridgehead atoms. The first-order valence-electron chi connectivity index (χ1n) is 9.92. The highest BCUT2D eigenvalue weighted by molar-refractivity contribution is 5.91. The van der Waals surface area contributed by atoms with Crippen molar-refractivity contribution in [2.45, 2.75) is 25.0 Å². The lowest BCUT2D eigenvalue weighted by molar-refractivity contribution is -0.304. The van der Waals surface area contributed by atoms with Gasteiger partial charge in [-0.3, -0.25) is 4.79 Å². The van der Waals surface area contributed by atoms with E-state index in [0.29, 0.717) is 28.4 Å². The van der Waals surface area contributed by atoms with E-state index in [-0.39, 0.29) is 6.54 Å². The van der Waals surface area contributed by atoms with Gasteiger partial charge in [0, 0.05) is 25.2 Å². The minimum absolute atomic E-state index is 0.151. The van der Waals surface area contributed by atoms with E-state index in [0.717, 1.165) is 12.1 Å². The molecular formula is C23H23F6NO5. The van der Waals surface area contributed by atoms with E-state index in [4.69, 9.17) is 14.2 Å². The van der Waals surface area contributed by atoms with Crippen LogP contribution in [0.1, 0.15) is 11.1 Å². The van der Waals surface area contributed by atoms with E-state index in [9.17, 15) is 31.1 Å². The number of methoxy groups -OCH3 is 3. The standard InChI is InChI=1S/C23H23F6NO5/c1-30(13-15-8-11-17(32-2)20(34-4)19(15)33-3)18(31)12-7-14-5-9-16(10-6-14)35-23(28,29)21(24)22(25,26)27/h5-12,21H,13H2,1-4H3/b12-7+/t21-/m1/s1. The van der Waals surface area contributed by atoms with Gasteiger partial charge in [0.1, 0.15) is 5.75 Å². The zero-order valence-corrected chi connectivity index (χ0v) is 19.2. The van der Waals surface area contributed by atoms with Gasteiger partial charge < -0.3 is 23.8 Å². The van der Waals surface area contributed by atoms with E-state index < -0.39 is 30.1 Å². The van der Waals surface area contributed by atoms with Crippen LogP contribution in [0.2, 0.25) is 0 Å². The molecule has 2 aromatic rings. The summed E-state index contributed by atoms with van der Waals surface area (Å²) in [6, 6.07) is 7.67. The van der Waals surface area contributed by atoms with Crippen molar-refractivity contribution in [1.82, 2.24) is 4.90 Å². The minimum Gasteiger partial charge on any atom is -0.493 e. The molecule has 0 aliphatic heterocycles. The van der Waals surface area contributed by atoms with Crippen molar-refractivity contribution in [2.24, 2.45) is 0 Å². The third-order valence-electron chi connectivity index (χ3n) is 4.70. The fourth-order valence-corrected chi connectivity index (χ4v) is 2.96. The molecule has 1 amide bonds. The maximum absolute atomic E-state index is 13.4. The summed E-state index contributed by atoms with van der Waals surface area (Å²) in [4.78, 5) is 13.9. The van der Waals surface area contributed by atoms with Crippen LogP contribution in [0, 0.1) is 0 Å². The van der Waals surface area contributed by atoms with E-state index in [1.54, 1.807) is 12.1 Å². The average molecular weight is 507 g/mol. The Labute approximate surface area is 197 Å². The normalized spacial score (nSPS) is 12.9. The number of halogens is 6. The number of benzene rings is 2. The van der Waals surface area contributed by atoms with Crippen LogP contribution in [-0.2, 0) is 11.3 Å². The second-order valence-electron chi connectivity index (χ2n) is 7.16. The number of alkyl halides is 6. The summed E-state index contributed by atoms with van der Waals surface area (Å²) in [5.74, 6) is 0.116. The first kappa shape index (κ1) is 27.7. The molecule has 192 valence electrons. The highest BCUT2D eigenvalue weighted by Crippen LogP contribution is 2.40. The van der Waals surface area contributed by atoms with Crippen molar-refractivity contribution in [3.05, 3.63) is 53.6 Å². The Kier molecular flexibility index (Phi) is 8.88. The van der Waals surface area contributed by atoms with E-state index >= 15 is 0 Å². The summed E-state index contributed by atoms with van der Waals surface area (Å²) in [6.45, 7) is 0.151. The fourth-order valence-electron chi connectivity index (χ4n) is 2.96. The lowest BCUT2D eigenvalue weighted by Gasteiger charge is -2.23. The Hall–Kier alpha value is -3.57. The van der Waals surface area contributed by atoms with Gasteiger partial charge in [0.05, 0.1) is 21.3 Å². The molecule has 0 fully saturated rings. The molecule has 2 aromatic carbocycles. The van der Waals surface area contributed by atoms with Crippen LogP contribution in [0.5, 0.6) is 23.0 Å². The molecule has 0 unspecified atom stereocenters. The summed E-state index contributed by atoms with van der Waals surface area (Å²) >= 11 is 0. The second-order valence-corrected chi connectivity index (χ2v) is 7.16. The first-order valence-corrected chi connectivity index (χ1v) is 9.92. The number of carbonyl (C=O) groups is 1. The lowest BCUT2D eigenvalue weighted by atomic mass is 10.1. The molecule has 35 heavy (non-hydrogen) atoms. The molecule has 1 atom stereocenters. The Bertz CT molecular complexity index is 1040. The molecule has 6 nitrogen and oxygen atoms in total. The number of nitrogens with zero attached hydrogens (tertiary/aromatic N) is 1. The van der Waals surface area contributed by atoms with Crippen LogP contribution in [0.15, 0.2) is 42.5 Å². The number of carbonyl (C=O) groups excluding carboxylic acids is 1. The van der Waals surface area contributed by atoms with Crippen molar-refractivity contribution in [3.63, 3.8) is 0 Å². The van der Waals surface area contributed by atoms with Crippen LogP contribution in [-0.4, -0.2) is 57.6 Å². The SMILES string of the molecule is COc1ccc(CN(C)C(=O)/C=C/c2ccc(OC(F)(F)[C@H](F)C(F)(F)F)cc2)c(OC)c1OC. The van der Waals surface area contributed by atoms with E-state index in [2.05, 4.69) is 4.74 Å². The number of hydrogen-bond donors (Lipinski definition) is 0. The largest absolute Gasteiger partial charge is 0.493 e. The maximum Gasteiger partial charge on any atom is 0.439 e. The van der Waals surface area contributed by atoms with Gasteiger partial charge in [0.25, 0.3) is 6.17 Å². The lowest BCUT2D eigenvalue weighted by Crippen LogP contribution is -2.45. The predicted octanol–water partition coefficient (Wildman–Crippen LogP) is 5.26. The van der Waals surface area contributed by atoms with Crippen molar-refractivity contribution in [1.29, 1.82) is 0 Å². The number of hydrogen-bond acceptors (Lipinski definition) is 5. The molecular weight excluding hydrogens is 484 g/mol. The molecule has 12 heteroatoms. The Morgan fingerprint density at radius 1 is 0.943 bits per heavy atom. The Balaban J connectivity index is 2.07. The minimum atomic E-state index is -5.78. The third-order valence-corrected chi connectivity index (χ3v) is 4.70. The van der Waals surface area contributed by atoms with Crippen LogP contribution < -0.4 is 18.9 Å². The topological polar surface area (TPSA) is 57.2 Å². The van der Waals surface area contributed by atoms with E-state index in [1.165, 1.54) is 57.6 Å². The maximum atomic E-state index is 13.4. The highest BCUT2D eigenvalue weighted by Gasteiger charge is 2.59. The van der Waals surface area contributed by atoms with Gasteiger partial charge in [0.15, 0.2) is 11.5 Å². The first-order chi connectivity index (χ1) is 16.3. The van der Waals surface area contributed by atoms with Crippen LogP contribution in [0.4, 0.5) is 26.3 Å². The Morgan fingerprint density at radius 2 is 1.54 bits per heavy atom. The number of rotatable bonds is 10. The highest BCUT2D eigenvalue weighted by atomic mass is 19.4. The molecule has 0 aromatic heterocycles. The molecule has 0 N–H and O–H groups in total. The van der Waals surface area contributed by atoms with Gasteiger partial charge in [-0.2, -0.15) is 22.0 Å². The summed E-state index contributed by atoms with van der Waals surface area (Å²) in [6.07, 6.45) is -12.8. The summed E-state index contributed by atoms with van der Waals surface area (Å²) in [5.41, 5.74) is 1.00. The molecule has 0 radical (unpaired) electrons. The van der Waals surface area contributed by atoms with Crippen molar-refractivity contribution >= 4 is 12.0 Å². The fraction of sp³-hybridized carbons (Fsp3) is 0.348. The van der Waals surface area contributed by atoms with Crippen LogP contribution in [0.25, 0.3) is 6.08 Å². The summed E-state index contributed by atoms with van der Waals surface area (Å²) in [7, 11) is 5.91. The van der Waals surface area contributed by atoms with Gasteiger partial charge in [-0.05, 0) is 35.9 Å². The van der Waals surface area contributed by atoms with Crippen molar-refractivity contribution in [3.8, 4) is 23.0 Å². The monoisotopic (exact) mass is 507 g/mol. The van der Waals surface area contributed by atoms with Crippen molar-refractivity contribution < 1.29 is 50.1 Å². The molecule has 0 spiro atoms. The molecule has 0 aliphatic carbocycles. The molecule has 0 aliphatic rings. The van der Waals surface area contributed by atoms with Crippen LogP contribution >= 0.6 is 0 Å². The molecule has 0 saturated heterocycles.